The Kier molecular flexibility index (Phi) is 2.34. The normalized spacial score (nSPS) is 31.2. The summed E-state index contributed by atoms with van der Waals surface area (Å²) in [4.78, 5) is 0. The monoisotopic (exact) mass is 157 g/mol. The van der Waals surface area contributed by atoms with Crippen LogP contribution in [0.1, 0.15) is 6.92 Å². The number of rotatable bonds is 3. The second-order valence-corrected chi connectivity index (χ2v) is 2.20. The smallest absolute Gasteiger partial charge is 0.265 e. The van der Waals surface area contributed by atoms with Gasteiger partial charge in [-0.3, -0.25) is 0 Å². The van der Waals surface area contributed by atoms with Gasteiger partial charge in [0, 0.05) is 6.61 Å². The molecule has 1 radical (unpaired) electrons. The molecule has 0 saturated heterocycles. The summed E-state index contributed by atoms with van der Waals surface area (Å²) in [6, 6.07) is 0. The predicted octanol–water partition coefficient (Wildman–Crippen LogP) is 1.87. The molecule has 0 aromatic rings. The zero-order valence-corrected chi connectivity index (χ0v) is 6.33. The Balaban J connectivity index is 2.57. The third kappa shape index (κ3) is 1.63. The quantitative estimate of drug-likeness (QED) is 0.576. The van der Waals surface area contributed by atoms with E-state index in [0.29, 0.717) is 6.61 Å². The maximum atomic E-state index is 13.4. The largest absolute Gasteiger partial charge is 0.373 e. The fraction of sp³-hybridized carbons (Fsp3) is 0.571. The lowest BCUT2D eigenvalue weighted by atomic mass is 10.1. The minimum atomic E-state index is -1.85. The lowest BCUT2D eigenvalue weighted by molar-refractivity contribution is -0.000533. The topological polar surface area (TPSA) is 34.0 Å². The number of azo groups is 1. The van der Waals surface area contributed by atoms with Crippen LogP contribution in [0.3, 0.4) is 0 Å². The molecular formula is C7H10FN2O. The summed E-state index contributed by atoms with van der Waals surface area (Å²) in [5.74, 6) is -1.85. The van der Waals surface area contributed by atoms with Crippen molar-refractivity contribution in [3.05, 3.63) is 19.2 Å². The Morgan fingerprint density at radius 1 is 1.82 bits per heavy atom. The standard InChI is InChI=1S/C7H10FN2O/c1-3-11-6(2)7(8)4-5-9-10-7/h4-6H,2-3H2,1H3. The molecule has 1 aliphatic rings. The molecule has 0 aliphatic carbocycles. The summed E-state index contributed by atoms with van der Waals surface area (Å²) in [6.45, 7) is 5.67. The van der Waals surface area contributed by atoms with Crippen LogP contribution in [0.5, 0.6) is 0 Å². The Hall–Kier alpha value is -0.770. The van der Waals surface area contributed by atoms with E-state index in [1.807, 2.05) is 0 Å². The molecule has 2 atom stereocenters. The van der Waals surface area contributed by atoms with Gasteiger partial charge in [-0.05, 0) is 19.9 Å². The highest BCUT2D eigenvalue weighted by Crippen LogP contribution is 2.26. The summed E-state index contributed by atoms with van der Waals surface area (Å²) in [7, 11) is 0. The number of nitrogens with zero attached hydrogens (tertiary/aromatic N) is 2. The van der Waals surface area contributed by atoms with Gasteiger partial charge >= 0.3 is 0 Å². The third-order valence-electron chi connectivity index (χ3n) is 1.41. The average Bonchev–Trinajstić information content (AvgIpc) is 2.38. The van der Waals surface area contributed by atoms with Crippen LogP contribution >= 0.6 is 0 Å². The Morgan fingerprint density at radius 2 is 2.55 bits per heavy atom. The van der Waals surface area contributed by atoms with Crippen LogP contribution in [-0.2, 0) is 4.74 Å². The van der Waals surface area contributed by atoms with Crippen LogP contribution in [0.2, 0.25) is 0 Å². The summed E-state index contributed by atoms with van der Waals surface area (Å²) in [6.07, 6.45) is 1.73. The molecule has 0 spiro atoms. The molecule has 2 unspecified atom stereocenters. The van der Waals surface area contributed by atoms with Gasteiger partial charge < -0.3 is 4.74 Å². The van der Waals surface area contributed by atoms with E-state index in [2.05, 4.69) is 17.2 Å². The third-order valence-corrected chi connectivity index (χ3v) is 1.41. The van der Waals surface area contributed by atoms with Crippen molar-refractivity contribution in [2.24, 2.45) is 10.2 Å². The number of ether oxygens (including phenoxy) is 1. The molecule has 0 bridgehead atoms. The molecule has 1 aliphatic heterocycles. The van der Waals surface area contributed by atoms with E-state index < -0.39 is 11.9 Å². The maximum Gasteiger partial charge on any atom is 0.265 e. The van der Waals surface area contributed by atoms with Crippen molar-refractivity contribution < 1.29 is 9.13 Å². The van der Waals surface area contributed by atoms with Gasteiger partial charge in [-0.25, -0.2) is 4.39 Å². The minimum absolute atomic E-state index is 0.420. The van der Waals surface area contributed by atoms with Gasteiger partial charge in [0.15, 0.2) is 0 Å². The maximum absolute atomic E-state index is 13.4. The molecule has 11 heavy (non-hydrogen) atoms. The van der Waals surface area contributed by atoms with Crippen molar-refractivity contribution >= 4 is 0 Å². The molecule has 3 nitrogen and oxygen atoms in total. The number of halogens is 1. The summed E-state index contributed by atoms with van der Waals surface area (Å²) < 4.78 is 18.3. The SMILES string of the molecule is [CH2]C(OCC)C1(F)C=CN=N1. The van der Waals surface area contributed by atoms with Crippen molar-refractivity contribution in [2.75, 3.05) is 6.61 Å². The van der Waals surface area contributed by atoms with Gasteiger partial charge in [-0.1, -0.05) is 0 Å². The van der Waals surface area contributed by atoms with Gasteiger partial charge in [0.25, 0.3) is 5.79 Å². The zero-order valence-electron chi connectivity index (χ0n) is 6.33. The van der Waals surface area contributed by atoms with E-state index in [-0.39, 0.29) is 0 Å². The predicted molar refractivity (Wildman–Crippen MR) is 38.6 cm³/mol. The summed E-state index contributed by atoms with van der Waals surface area (Å²) in [5.41, 5.74) is 0. The van der Waals surface area contributed by atoms with Crippen LogP contribution in [0.15, 0.2) is 22.5 Å². The van der Waals surface area contributed by atoms with Crippen LogP contribution in [0.25, 0.3) is 0 Å². The Morgan fingerprint density at radius 3 is 3.00 bits per heavy atom. The van der Waals surface area contributed by atoms with Crippen molar-refractivity contribution in [1.82, 2.24) is 0 Å². The van der Waals surface area contributed by atoms with E-state index in [4.69, 9.17) is 4.74 Å². The Bertz CT molecular complexity index is 179. The van der Waals surface area contributed by atoms with E-state index in [1.54, 1.807) is 6.92 Å². The fourth-order valence-electron chi connectivity index (χ4n) is 0.783. The van der Waals surface area contributed by atoms with Crippen LogP contribution in [0, 0.1) is 6.92 Å². The van der Waals surface area contributed by atoms with Gasteiger partial charge in [0.1, 0.15) is 6.10 Å². The van der Waals surface area contributed by atoms with Crippen molar-refractivity contribution in [2.45, 2.75) is 18.8 Å². The van der Waals surface area contributed by atoms with Crippen LogP contribution in [-0.4, -0.2) is 18.5 Å². The fourth-order valence-corrected chi connectivity index (χ4v) is 0.783. The van der Waals surface area contributed by atoms with Gasteiger partial charge in [-0.15, -0.1) is 5.11 Å². The highest BCUT2D eigenvalue weighted by Gasteiger charge is 2.36. The highest BCUT2D eigenvalue weighted by atomic mass is 19.1. The molecule has 0 N–H and O–H groups in total. The van der Waals surface area contributed by atoms with E-state index >= 15 is 0 Å². The van der Waals surface area contributed by atoms with Gasteiger partial charge in [-0.2, -0.15) is 5.11 Å². The van der Waals surface area contributed by atoms with Crippen LogP contribution < -0.4 is 0 Å². The molecule has 0 fully saturated rings. The highest BCUT2D eigenvalue weighted by molar-refractivity contribution is 5.08. The lowest BCUT2D eigenvalue weighted by Gasteiger charge is -2.20. The zero-order chi connectivity index (χ0) is 8.32. The van der Waals surface area contributed by atoms with Crippen molar-refractivity contribution in [1.29, 1.82) is 0 Å². The van der Waals surface area contributed by atoms with E-state index in [1.165, 1.54) is 12.3 Å². The molecule has 0 amide bonds. The summed E-state index contributed by atoms with van der Waals surface area (Å²) in [5, 5.41) is 6.74. The number of hydrogen-bond acceptors (Lipinski definition) is 3. The first-order chi connectivity index (χ1) is 5.19. The number of alkyl halides is 1. The molecule has 1 heterocycles. The second kappa shape index (κ2) is 3.09. The second-order valence-electron chi connectivity index (χ2n) is 2.20. The average molecular weight is 157 g/mol. The first-order valence-corrected chi connectivity index (χ1v) is 3.42. The molecular weight excluding hydrogens is 147 g/mol. The summed E-state index contributed by atoms with van der Waals surface area (Å²) >= 11 is 0. The van der Waals surface area contributed by atoms with E-state index in [9.17, 15) is 4.39 Å². The Labute approximate surface area is 65.0 Å². The first kappa shape index (κ1) is 8.33. The molecule has 61 valence electrons. The molecule has 0 aromatic carbocycles. The molecule has 4 heteroatoms. The lowest BCUT2D eigenvalue weighted by Crippen LogP contribution is -2.32. The van der Waals surface area contributed by atoms with Crippen LogP contribution in [0.4, 0.5) is 4.39 Å². The first-order valence-electron chi connectivity index (χ1n) is 3.42. The minimum Gasteiger partial charge on any atom is -0.373 e. The van der Waals surface area contributed by atoms with E-state index in [0.717, 1.165) is 0 Å². The molecule has 1 rings (SSSR count). The van der Waals surface area contributed by atoms with Crippen molar-refractivity contribution in [3.63, 3.8) is 0 Å². The molecule has 0 aromatic heterocycles. The number of hydrogen-bond donors (Lipinski definition) is 0. The molecule has 0 saturated carbocycles. The van der Waals surface area contributed by atoms with Crippen molar-refractivity contribution in [3.8, 4) is 0 Å². The van der Waals surface area contributed by atoms with Gasteiger partial charge in [0.05, 0.1) is 6.20 Å². The van der Waals surface area contributed by atoms with Gasteiger partial charge in [0.2, 0.25) is 0 Å².